The Morgan fingerprint density at radius 3 is 2.47 bits per heavy atom. The highest BCUT2D eigenvalue weighted by atomic mass is 32.2. The van der Waals surface area contributed by atoms with E-state index in [1.54, 1.807) is 13.1 Å². The van der Waals surface area contributed by atoms with Crippen LogP contribution in [0.15, 0.2) is 46.2 Å². The first kappa shape index (κ1) is 12.1. The van der Waals surface area contributed by atoms with E-state index in [9.17, 15) is 4.79 Å². The van der Waals surface area contributed by atoms with Crippen LogP contribution in [0.4, 0.5) is 0 Å². The quantitative estimate of drug-likeness (QED) is 0.474. The maximum absolute atomic E-state index is 11.7. The Bertz CT molecular complexity index is 644. The maximum atomic E-state index is 11.7. The van der Waals surface area contributed by atoms with Crippen molar-refractivity contribution in [3.05, 3.63) is 51.5 Å². The fraction of sp³-hybridized carbons (Fsp3) is 0.167. The summed E-state index contributed by atoms with van der Waals surface area (Å²) < 4.78 is 3.89. The van der Waals surface area contributed by atoms with Crippen LogP contribution >= 0.6 is 24.0 Å². The number of nitrogens with zero attached hydrogens (tertiary/aromatic N) is 2. The van der Waals surface area contributed by atoms with E-state index in [1.807, 2.05) is 41.2 Å². The predicted molar refractivity (Wildman–Crippen MR) is 73.6 cm³/mol. The first-order valence-corrected chi connectivity index (χ1v) is 6.71. The molecule has 0 spiro atoms. The van der Waals surface area contributed by atoms with Crippen LogP contribution < -0.4 is 5.56 Å². The second kappa shape index (κ2) is 4.89. The Balaban J connectivity index is 2.82. The molecule has 0 amide bonds. The van der Waals surface area contributed by atoms with Crippen LogP contribution in [-0.2, 0) is 7.05 Å². The van der Waals surface area contributed by atoms with Gasteiger partial charge in [-0.3, -0.25) is 13.9 Å². The fourth-order valence-corrected chi connectivity index (χ4v) is 2.52. The fourth-order valence-electron chi connectivity index (χ4n) is 1.57. The van der Waals surface area contributed by atoms with Gasteiger partial charge in [0.05, 0.1) is 5.03 Å². The van der Waals surface area contributed by atoms with Gasteiger partial charge < -0.3 is 0 Å². The summed E-state index contributed by atoms with van der Waals surface area (Å²) in [5.74, 6) is 0. The minimum atomic E-state index is -0.0773. The molecule has 88 valence electrons. The third kappa shape index (κ3) is 2.21. The SMILES string of the molecule is CSc1cc(=O)n(C)c(=S)n1-c1ccccc1. The lowest BCUT2D eigenvalue weighted by molar-refractivity contribution is 0.718. The molecule has 0 saturated carbocycles. The summed E-state index contributed by atoms with van der Waals surface area (Å²) in [7, 11) is 1.69. The molecule has 3 nitrogen and oxygen atoms in total. The number of thioether (sulfide) groups is 1. The molecule has 5 heteroatoms. The van der Waals surface area contributed by atoms with E-state index >= 15 is 0 Å². The zero-order chi connectivity index (χ0) is 12.4. The van der Waals surface area contributed by atoms with Gasteiger partial charge in [-0.25, -0.2) is 0 Å². The Morgan fingerprint density at radius 1 is 1.24 bits per heavy atom. The van der Waals surface area contributed by atoms with Crippen molar-refractivity contribution in [1.29, 1.82) is 0 Å². The number of aromatic nitrogens is 2. The lowest BCUT2D eigenvalue weighted by Crippen LogP contribution is -2.21. The molecular weight excluding hydrogens is 252 g/mol. The first-order chi connectivity index (χ1) is 8.15. The van der Waals surface area contributed by atoms with E-state index in [-0.39, 0.29) is 5.56 Å². The van der Waals surface area contributed by atoms with Gasteiger partial charge in [-0.05, 0) is 30.6 Å². The molecule has 0 radical (unpaired) electrons. The minimum absolute atomic E-state index is 0.0773. The molecule has 1 aromatic heterocycles. The molecule has 0 N–H and O–H groups in total. The van der Waals surface area contributed by atoms with Crippen LogP contribution in [0, 0.1) is 4.77 Å². The summed E-state index contributed by atoms with van der Waals surface area (Å²) in [6, 6.07) is 11.4. The van der Waals surface area contributed by atoms with Crippen molar-refractivity contribution >= 4 is 24.0 Å². The van der Waals surface area contributed by atoms with E-state index in [0.717, 1.165) is 10.7 Å². The second-order valence-electron chi connectivity index (χ2n) is 3.54. The van der Waals surface area contributed by atoms with E-state index in [4.69, 9.17) is 12.2 Å². The van der Waals surface area contributed by atoms with Crippen LogP contribution in [0.1, 0.15) is 0 Å². The van der Waals surface area contributed by atoms with Crippen LogP contribution in [0.2, 0.25) is 0 Å². The summed E-state index contributed by atoms with van der Waals surface area (Å²) in [6.45, 7) is 0. The average molecular weight is 264 g/mol. The van der Waals surface area contributed by atoms with Gasteiger partial charge in [0.2, 0.25) is 0 Å². The number of hydrogen-bond acceptors (Lipinski definition) is 3. The maximum Gasteiger partial charge on any atom is 0.255 e. The van der Waals surface area contributed by atoms with Crippen LogP contribution in [-0.4, -0.2) is 15.4 Å². The Morgan fingerprint density at radius 2 is 1.88 bits per heavy atom. The molecule has 17 heavy (non-hydrogen) atoms. The van der Waals surface area contributed by atoms with Crippen molar-refractivity contribution in [3.63, 3.8) is 0 Å². The standard InChI is InChI=1S/C12H12N2OS2/c1-13-10(15)8-11(17-2)14(12(13)16)9-6-4-3-5-7-9/h3-8H,1-2H3. The Kier molecular flexibility index (Phi) is 3.49. The summed E-state index contributed by atoms with van der Waals surface area (Å²) in [5, 5.41) is 0.851. The minimum Gasteiger partial charge on any atom is -0.288 e. The third-order valence-corrected chi connectivity index (χ3v) is 3.67. The van der Waals surface area contributed by atoms with Gasteiger partial charge in [-0.1, -0.05) is 18.2 Å². The number of hydrogen-bond donors (Lipinski definition) is 0. The molecule has 0 aliphatic carbocycles. The lowest BCUT2D eigenvalue weighted by Gasteiger charge is -2.13. The molecule has 1 heterocycles. The van der Waals surface area contributed by atoms with Gasteiger partial charge in [-0.15, -0.1) is 11.8 Å². The van der Waals surface area contributed by atoms with Crippen LogP contribution in [0.25, 0.3) is 5.69 Å². The zero-order valence-electron chi connectivity index (χ0n) is 9.58. The summed E-state index contributed by atoms with van der Waals surface area (Å²) in [4.78, 5) is 11.7. The lowest BCUT2D eigenvalue weighted by atomic mass is 10.3. The van der Waals surface area contributed by atoms with E-state index in [0.29, 0.717) is 4.77 Å². The Labute approximate surface area is 109 Å². The van der Waals surface area contributed by atoms with Crippen molar-refractivity contribution in [2.75, 3.05) is 6.26 Å². The molecule has 0 saturated heterocycles. The molecule has 2 rings (SSSR count). The smallest absolute Gasteiger partial charge is 0.255 e. The molecule has 0 aliphatic rings. The highest BCUT2D eigenvalue weighted by Crippen LogP contribution is 2.18. The van der Waals surface area contributed by atoms with E-state index in [2.05, 4.69) is 0 Å². The zero-order valence-corrected chi connectivity index (χ0v) is 11.2. The average Bonchev–Trinajstić information content (AvgIpc) is 2.36. The molecule has 2 aromatic rings. The van der Waals surface area contributed by atoms with Crippen molar-refractivity contribution in [2.45, 2.75) is 5.03 Å². The summed E-state index contributed by atoms with van der Waals surface area (Å²) >= 11 is 6.84. The van der Waals surface area contributed by atoms with Gasteiger partial charge in [0.1, 0.15) is 0 Å². The molecular formula is C12H12N2OS2. The molecule has 0 fully saturated rings. The third-order valence-electron chi connectivity index (χ3n) is 2.50. The second-order valence-corrected chi connectivity index (χ2v) is 4.73. The predicted octanol–water partition coefficient (Wildman–Crippen LogP) is 2.63. The number of para-hydroxylation sites is 1. The van der Waals surface area contributed by atoms with E-state index < -0.39 is 0 Å². The van der Waals surface area contributed by atoms with Crippen LogP contribution in [0.5, 0.6) is 0 Å². The molecule has 1 aromatic carbocycles. The highest BCUT2D eigenvalue weighted by molar-refractivity contribution is 7.98. The van der Waals surface area contributed by atoms with Crippen molar-refractivity contribution in [2.24, 2.45) is 7.05 Å². The summed E-state index contributed by atoms with van der Waals surface area (Å²) in [6.07, 6.45) is 1.93. The molecule has 0 atom stereocenters. The first-order valence-electron chi connectivity index (χ1n) is 5.07. The topological polar surface area (TPSA) is 26.9 Å². The Hall–Kier alpha value is -1.33. The van der Waals surface area contributed by atoms with E-state index in [1.165, 1.54) is 16.3 Å². The molecule has 0 aliphatic heterocycles. The van der Waals surface area contributed by atoms with Gasteiger partial charge in [-0.2, -0.15) is 0 Å². The van der Waals surface area contributed by atoms with Gasteiger partial charge in [0.15, 0.2) is 4.77 Å². The van der Waals surface area contributed by atoms with Crippen molar-refractivity contribution < 1.29 is 0 Å². The highest BCUT2D eigenvalue weighted by Gasteiger charge is 2.07. The number of benzene rings is 1. The van der Waals surface area contributed by atoms with Gasteiger partial charge in [0, 0.05) is 18.8 Å². The normalized spacial score (nSPS) is 10.5. The monoisotopic (exact) mass is 264 g/mol. The largest absolute Gasteiger partial charge is 0.288 e. The molecule has 0 bridgehead atoms. The summed E-state index contributed by atoms with van der Waals surface area (Å²) in [5.41, 5.74) is 0.893. The number of rotatable bonds is 2. The van der Waals surface area contributed by atoms with Gasteiger partial charge in [0.25, 0.3) is 5.56 Å². The van der Waals surface area contributed by atoms with Gasteiger partial charge >= 0.3 is 0 Å². The molecule has 0 unspecified atom stereocenters. The van der Waals surface area contributed by atoms with Crippen molar-refractivity contribution in [3.8, 4) is 5.69 Å². The van der Waals surface area contributed by atoms with Crippen LogP contribution in [0.3, 0.4) is 0 Å². The van der Waals surface area contributed by atoms with Crippen molar-refractivity contribution in [1.82, 2.24) is 9.13 Å².